The van der Waals surface area contributed by atoms with Gasteiger partial charge in [0.15, 0.2) is 0 Å². The number of urea groups is 1. The minimum Gasteiger partial charge on any atom is -0.369 e. The van der Waals surface area contributed by atoms with Crippen molar-refractivity contribution in [2.75, 3.05) is 51.7 Å². The Bertz CT molecular complexity index is 1270. The number of amides is 3. The van der Waals surface area contributed by atoms with E-state index in [1.165, 1.54) is 11.9 Å². The second-order valence-electron chi connectivity index (χ2n) is 9.10. The molecule has 3 aliphatic heterocycles. The van der Waals surface area contributed by atoms with E-state index in [1.807, 2.05) is 22.8 Å². The molecule has 8 nitrogen and oxygen atoms in total. The molecule has 2 aromatic carbocycles. The highest BCUT2D eigenvalue weighted by Crippen LogP contribution is 2.28. The van der Waals surface area contributed by atoms with E-state index in [-0.39, 0.29) is 5.91 Å². The van der Waals surface area contributed by atoms with Crippen molar-refractivity contribution in [2.45, 2.75) is 12.6 Å². The highest BCUT2D eigenvalue weighted by molar-refractivity contribution is 6.36. The molecule has 3 heterocycles. The Morgan fingerprint density at radius 3 is 2.28 bits per heavy atom. The largest absolute Gasteiger partial charge is 0.369 e. The highest BCUT2D eigenvalue weighted by atomic mass is 35.5. The van der Waals surface area contributed by atoms with E-state index < -0.39 is 12.1 Å². The van der Waals surface area contributed by atoms with Crippen molar-refractivity contribution in [3.63, 3.8) is 0 Å². The Morgan fingerprint density at radius 1 is 0.944 bits per heavy atom. The van der Waals surface area contributed by atoms with E-state index in [0.717, 1.165) is 47.4 Å². The smallest absolute Gasteiger partial charge is 0.333 e. The van der Waals surface area contributed by atoms with Gasteiger partial charge in [0, 0.05) is 66.6 Å². The van der Waals surface area contributed by atoms with Gasteiger partial charge in [-0.1, -0.05) is 46.9 Å². The molecule has 0 saturated carbocycles. The quantitative estimate of drug-likeness (QED) is 0.535. The fourth-order valence-electron chi connectivity index (χ4n) is 4.85. The minimum absolute atomic E-state index is 0.301. The maximum Gasteiger partial charge on any atom is 0.333 e. The van der Waals surface area contributed by atoms with Crippen LogP contribution in [0.4, 0.5) is 10.5 Å². The SMILES string of the molecule is CN1C(=O)C2C(=NC(CN3CCN(c4cccc(Cl)c4)CC3)=[N+]2Cc2c(Cl)cccc2Cl)N(C)C1=O. The standard InChI is InChI=1S/C25H26Cl3N6O2/c1-30-23-22(24(35)31(2)25(30)36)34(14-18-19(27)7-4-8-20(18)28)21(29-23)15-32-9-11-33(12-10-32)17-6-3-5-16(26)13-17/h3-8,13,22H,9-12,14-15H2,1-2H3/q+1. The first-order valence-corrected chi connectivity index (χ1v) is 12.8. The van der Waals surface area contributed by atoms with Crippen LogP contribution in [0, 0.1) is 0 Å². The Kier molecular flexibility index (Phi) is 6.96. The number of nitrogens with zero attached hydrogens (tertiary/aromatic N) is 6. The van der Waals surface area contributed by atoms with Crippen LogP contribution >= 0.6 is 34.8 Å². The average Bonchev–Trinajstić information content (AvgIpc) is 3.22. The van der Waals surface area contributed by atoms with Crippen molar-refractivity contribution in [3.8, 4) is 0 Å². The van der Waals surface area contributed by atoms with Crippen molar-refractivity contribution >= 4 is 64.1 Å². The number of carbonyl (C=O) groups excluding carboxylic acids is 2. The number of fused-ring (bicyclic) bond motifs is 1. The maximum absolute atomic E-state index is 13.2. The molecule has 0 aromatic heterocycles. The van der Waals surface area contributed by atoms with Crippen molar-refractivity contribution in [2.24, 2.45) is 4.99 Å². The number of amidine groups is 2. The molecule has 5 rings (SSSR count). The molecule has 11 heteroatoms. The topological polar surface area (TPSA) is 62.5 Å². The van der Waals surface area contributed by atoms with Gasteiger partial charge in [0.2, 0.25) is 0 Å². The Balaban J connectivity index is 1.42. The summed E-state index contributed by atoms with van der Waals surface area (Å²) < 4.78 is 1.92. The lowest BCUT2D eigenvalue weighted by Gasteiger charge is -2.35. The van der Waals surface area contributed by atoms with E-state index in [9.17, 15) is 9.59 Å². The molecule has 0 spiro atoms. The van der Waals surface area contributed by atoms with Gasteiger partial charge in [0.1, 0.15) is 13.1 Å². The minimum atomic E-state index is -0.715. The molecule has 1 atom stereocenters. The number of piperazine rings is 1. The highest BCUT2D eigenvalue weighted by Gasteiger charge is 2.53. The van der Waals surface area contributed by atoms with Crippen LogP contribution in [-0.4, -0.2) is 95.7 Å². The summed E-state index contributed by atoms with van der Waals surface area (Å²) in [6, 6.07) is 12.1. The fourth-order valence-corrected chi connectivity index (χ4v) is 5.55. The van der Waals surface area contributed by atoms with Crippen LogP contribution in [-0.2, 0) is 11.3 Å². The summed E-state index contributed by atoms with van der Waals surface area (Å²) in [7, 11) is 3.14. The monoisotopic (exact) mass is 547 g/mol. The van der Waals surface area contributed by atoms with Crippen LogP contribution < -0.4 is 4.90 Å². The van der Waals surface area contributed by atoms with Gasteiger partial charge in [-0.25, -0.2) is 9.37 Å². The Labute approximate surface area is 224 Å². The van der Waals surface area contributed by atoms with E-state index in [0.29, 0.717) is 34.8 Å². The summed E-state index contributed by atoms with van der Waals surface area (Å²) in [5, 5.41) is 1.76. The number of benzene rings is 2. The number of aliphatic imine (C=N–C) groups is 1. The number of carbonyl (C=O) groups is 2. The van der Waals surface area contributed by atoms with Gasteiger partial charge < -0.3 is 4.90 Å². The zero-order valence-electron chi connectivity index (χ0n) is 20.0. The summed E-state index contributed by atoms with van der Waals surface area (Å²) in [5.74, 6) is 0.824. The molecule has 0 N–H and O–H groups in total. The molecule has 3 aliphatic rings. The lowest BCUT2D eigenvalue weighted by molar-refractivity contribution is -0.552. The van der Waals surface area contributed by atoms with Crippen molar-refractivity contribution in [1.82, 2.24) is 14.7 Å². The molecule has 36 heavy (non-hydrogen) atoms. The van der Waals surface area contributed by atoms with E-state index in [4.69, 9.17) is 39.8 Å². The molecule has 2 fully saturated rings. The normalized spacial score (nSPS) is 20.9. The molecule has 0 bridgehead atoms. The molecule has 3 amide bonds. The van der Waals surface area contributed by atoms with Crippen molar-refractivity contribution in [1.29, 1.82) is 0 Å². The number of halogens is 3. The third-order valence-corrected chi connectivity index (χ3v) is 7.86. The lowest BCUT2D eigenvalue weighted by atomic mass is 10.1. The molecule has 0 radical (unpaired) electrons. The number of hydrogen-bond acceptors (Lipinski definition) is 5. The van der Waals surface area contributed by atoms with Crippen LogP contribution in [0.5, 0.6) is 0 Å². The average molecular weight is 549 g/mol. The number of likely N-dealkylation sites (N-methyl/N-ethyl adjacent to an activating group) is 2. The van der Waals surface area contributed by atoms with Crippen LogP contribution in [0.3, 0.4) is 0 Å². The number of imide groups is 1. The van der Waals surface area contributed by atoms with Gasteiger partial charge in [-0.3, -0.25) is 19.5 Å². The molecule has 0 aliphatic carbocycles. The summed E-state index contributed by atoms with van der Waals surface area (Å²) >= 11 is 19.1. The first kappa shape index (κ1) is 25.0. The van der Waals surface area contributed by atoms with Crippen LogP contribution in [0.15, 0.2) is 47.5 Å². The third kappa shape index (κ3) is 4.59. The number of anilines is 1. The predicted molar refractivity (Wildman–Crippen MR) is 143 cm³/mol. The second-order valence-corrected chi connectivity index (χ2v) is 10.3. The van der Waals surface area contributed by atoms with E-state index >= 15 is 0 Å². The Hall–Kier alpha value is -2.65. The van der Waals surface area contributed by atoms with E-state index in [1.54, 1.807) is 25.2 Å². The molecular weight excluding hydrogens is 523 g/mol. The summed E-state index contributed by atoms with van der Waals surface area (Å²) in [5.41, 5.74) is 1.82. The third-order valence-electron chi connectivity index (χ3n) is 6.91. The van der Waals surface area contributed by atoms with Gasteiger partial charge in [-0.05, 0) is 35.3 Å². The summed E-state index contributed by atoms with van der Waals surface area (Å²) in [4.78, 5) is 37.8. The van der Waals surface area contributed by atoms with E-state index in [2.05, 4.69) is 15.9 Å². The van der Waals surface area contributed by atoms with Gasteiger partial charge in [0.05, 0.1) is 0 Å². The number of rotatable bonds is 5. The first-order chi connectivity index (χ1) is 17.2. The zero-order valence-corrected chi connectivity index (χ0v) is 22.3. The molecular formula is C25H26Cl3N6O2+. The molecule has 2 saturated heterocycles. The van der Waals surface area contributed by atoms with Crippen LogP contribution in [0.1, 0.15) is 5.56 Å². The molecule has 188 valence electrons. The van der Waals surface area contributed by atoms with Gasteiger partial charge in [0.25, 0.3) is 17.8 Å². The summed E-state index contributed by atoms with van der Waals surface area (Å²) in [6.07, 6.45) is 0. The summed E-state index contributed by atoms with van der Waals surface area (Å²) in [6.45, 7) is 4.14. The molecule has 2 aromatic rings. The zero-order chi connectivity index (χ0) is 25.6. The van der Waals surface area contributed by atoms with Crippen molar-refractivity contribution < 1.29 is 14.2 Å². The molecule has 1 unspecified atom stereocenters. The van der Waals surface area contributed by atoms with Crippen LogP contribution in [0.2, 0.25) is 15.1 Å². The van der Waals surface area contributed by atoms with Crippen molar-refractivity contribution in [3.05, 3.63) is 63.1 Å². The lowest BCUT2D eigenvalue weighted by Crippen LogP contribution is -2.61. The van der Waals surface area contributed by atoms with Crippen LogP contribution in [0.25, 0.3) is 0 Å². The van der Waals surface area contributed by atoms with Gasteiger partial charge in [-0.15, -0.1) is 0 Å². The maximum atomic E-state index is 13.2. The number of hydrogen-bond donors (Lipinski definition) is 0. The second kappa shape index (κ2) is 10.0. The van der Waals surface area contributed by atoms with Gasteiger partial charge in [-0.2, -0.15) is 0 Å². The first-order valence-electron chi connectivity index (χ1n) is 11.7. The predicted octanol–water partition coefficient (Wildman–Crippen LogP) is 3.68. The van der Waals surface area contributed by atoms with Gasteiger partial charge >= 0.3 is 11.9 Å². The Morgan fingerprint density at radius 2 is 1.61 bits per heavy atom. The fraction of sp³-hybridized carbons (Fsp3) is 0.360.